The normalized spacial score (nSPS) is 12.5. The Kier molecular flexibility index (Phi) is 11.0. The number of hydrogen-bond donors (Lipinski definition) is 1. The van der Waals surface area contributed by atoms with Gasteiger partial charge in [-0.25, -0.2) is 8.42 Å². The first kappa shape index (κ1) is 33.6. The van der Waals surface area contributed by atoms with E-state index in [2.05, 4.69) is 19.2 Å². The molecule has 0 unspecified atom stereocenters. The summed E-state index contributed by atoms with van der Waals surface area (Å²) in [6.45, 7) is 13.1. The minimum Gasteiger partial charge on any atom is -0.497 e. The fourth-order valence-electron chi connectivity index (χ4n) is 4.69. The van der Waals surface area contributed by atoms with E-state index in [0.717, 1.165) is 21.0 Å². The van der Waals surface area contributed by atoms with Crippen molar-refractivity contribution in [1.82, 2.24) is 10.2 Å². The molecule has 0 aliphatic heterocycles. The smallest absolute Gasteiger partial charge is 0.264 e. The lowest BCUT2D eigenvalue weighted by atomic mass is 10.0. The Morgan fingerprint density at radius 3 is 1.98 bits per heavy atom. The Morgan fingerprint density at radius 1 is 0.907 bits per heavy atom. The summed E-state index contributed by atoms with van der Waals surface area (Å²) in [5.74, 6) is 0.130. The molecule has 0 heterocycles. The molecular formula is C34H45N3O5S. The topological polar surface area (TPSA) is 96.0 Å². The highest BCUT2D eigenvalue weighted by molar-refractivity contribution is 7.92. The van der Waals surface area contributed by atoms with Crippen molar-refractivity contribution < 1.29 is 22.7 Å². The van der Waals surface area contributed by atoms with Gasteiger partial charge in [0.05, 0.1) is 17.7 Å². The first-order chi connectivity index (χ1) is 20.2. The Labute approximate surface area is 257 Å². The van der Waals surface area contributed by atoms with Crippen LogP contribution in [-0.2, 0) is 26.2 Å². The molecule has 0 fully saturated rings. The number of hydrogen-bond acceptors (Lipinski definition) is 5. The van der Waals surface area contributed by atoms with Crippen molar-refractivity contribution in [2.45, 2.75) is 83.8 Å². The van der Waals surface area contributed by atoms with Crippen LogP contribution in [0.1, 0.15) is 70.6 Å². The molecule has 43 heavy (non-hydrogen) atoms. The SMILES string of the molecule is CC[C@H](C(=O)NC(C)(C)C)N(Cc1ccc(OC)cc1)C(=O)CN(c1ccc(C(C)C)cc1)S(=O)(=O)c1ccc(C)cc1. The lowest BCUT2D eigenvalue weighted by Crippen LogP contribution is -2.55. The average molecular weight is 608 g/mol. The molecule has 2 amide bonds. The highest BCUT2D eigenvalue weighted by Gasteiger charge is 2.34. The van der Waals surface area contributed by atoms with Gasteiger partial charge in [0.25, 0.3) is 10.0 Å². The molecule has 1 N–H and O–H groups in total. The van der Waals surface area contributed by atoms with E-state index in [4.69, 9.17) is 4.74 Å². The van der Waals surface area contributed by atoms with Gasteiger partial charge in [-0.2, -0.15) is 0 Å². The summed E-state index contributed by atoms with van der Waals surface area (Å²) in [6, 6.07) is 20.2. The third-order valence-electron chi connectivity index (χ3n) is 7.13. The molecule has 0 saturated heterocycles. The highest BCUT2D eigenvalue weighted by atomic mass is 32.2. The molecule has 0 saturated carbocycles. The van der Waals surface area contributed by atoms with Crippen molar-refractivity contribution >= 4 is 27.5 Å². The van der Waals surface area contributed by atoms with Crippen molar-refractivity contribution in [2.24, 2.45) is 0 Å². The van der Waals surface area contributed by atoms with Gasteiger partial charge in [-0.05, 0) is 87.6 Å². The third-order valence-corrected chi connectivity index (χ3v) is 8.92. The van der Waals surface area contributed by atoms with Crippen LogP contribution in [0.3, 0.4) is 0 Å². The van der Waals surface area contributed by atoms with E-state index < -0.39 is 34.1 Å². The summed E-state index contributed by atoms with van der Waals surface area (Å²) in [6.07, 6.45) is 0.345. The molecule has 0 spiro atoms. The van der Waals surface area contributed by atoms with Gasteiger partial charge in [0.2, 0.25) is 11.8 Å². The Morgan fingerprint density at radius 2 is 1.49 bits per heavy atom. The number of carbonyl (C=O) groups is 2. The molecule has 0 radical (unpaired) electrons. The zero-order valence-electron chi connectivity index (χ0n) is 26.5. The number of methoxy groups -OCH3 is 1. The maximum atomic E-state index is 14.2. The van der Waals surface area contributed by atoms with E-state index in [1.54, 1.807) is 55.6 Å². The number of nitrogens with zero attached hydrogens (tertiary/aromatic N) is 2. The Bertz CT molecular complexity index is 1480. The molecular weight excluding hydrogens is 562 g/mol. The molecule has 1 atom stereocenters. The summed E-state index contributed by atoms with van der Waals surface area (Å²) in [5, 5.41) is 2.99. The minimum absolute atomic E-state index is 0.0815. The Hall–Kier alpha value is -3.85. The molecule has 0 aliphatic rings. The first-order valence-electron chi connectivity index (χ1n) is 14.6. The van der Waals surface area contributed by atoms with E-state index >= 15 is 0 Å². The summed E-state index contributed by atoms with van der Waals surface area (Å²) in [7, 11) is -2.55. The van der Waals surface area contributed by atoms with Crippen LogP contribution in [0, 0.1) is 6.92 Å². The van der Waals surface area contributed by atoms with E-state index in [1.165, 1.54) is 4.90 Å². The second kappa shape index (κ2) is 14.1. The standard InChI is InChI=1S/C34H45N3O5S/c1-9-31(33(39)35-34(5,6)7)36(22-26-12-18-29(42-8)19-13-26)32(38)23-37(28-16-14-27(15-17-28)24(2)3)43(40,41)30-20-10-25(4)11-21-30/h10-21,24,31H,9,22-23H2,1-8H3,(H,35,39)/t31-/m1/s1. The van der Waals surface area contributed by atoms with Crippen LogP contribution in [-0.4, -0.2) is 50.4 Å². The Balaban J connectivity index is 2.08. The van der Waals surface area contributed by atoms with Crippen LogP contribution < -0.4 is 14.4 Å². The van der Waals surface area contributed by atoms with Gasteiger partial charge in [-0.3, -0.25) is 13.9 Å². The van der Waals surface area contributed by atoms with E-state index in [-0.39, 0.29) is 23.3 Å². The van der Waals surface area contributed by atoms with E-state index in [9.17, 15) is 18.0 Å². The van der Waals surface area contributed by atoms with Crippen LogP contribution in [0.2, 0.25) is 0 Å². The van der Waals surface area contributed by atoms with Crippen molar-refractivity contribution in [3.05, 3.63) is 89.5 Å². The summed E-state index contributed by atoms with van der Waals surface area (Å²) < 4.78 is 34.6. The quantitative estimate of drug-likeness (QED) is 0.271. The third kappa shape index (κ3) is 8.83. The number of ether oxygens (including phenoxy) is 1. The zero-order chi connectivity index (χ0) is 31.9. The molecule has 0 aliphatic carbocycles. The van der Waals surface area contributed by atoms with Crippen LogP contribution in [0.4, 0.5) is 5.69 Å². The van der Waals surface area contributed by atoms with Crippen LogP contribution in [0.25, 0.3) is 0 Å². The number of nitrogens with one attached hydrogen (secondary N) is 1. The van der Waals surface area contributed by atoms with Crippen LogP contribution in [0.15, 0.2) is 77.7 Å². The number of rotatable bonds is 12. The first-order valence-corrected chi connectivity index (χ1v) is 16.0. The minimum atomic E-state index is -4.13. The predicted molar refractivity (Wildman–Crippen MR) is 172 cm³/mol. The van der Waals surface area contributed by atoms with Crippen molar-refractivity contribution in [1.29, 1.82) is 0 Å². The number of sulfonamides is 1. The molecule has 3 rings (SSSR count). The fraction of sp³-hybridized carbons (Fsp3) is 0.412. The number of amides is 2. The number of benzene rings is 3. The van der Waals surface area contributed by atoms with Gasteiger partial charge in [0.15, 0.2) is 0 Å². The molecule has 8 nitrogen and oxygen atoms in total. The van der Waals surface area contributed by atoms with Gasteiger partial charge < -0.3 is 15.0 Å². The second-order valence-electron chi connectivity index (χ2n) is 12.1. The summed E-state index contributed by atoms with van der Waals surface area (Å²) >= 11 is 0. The van der Waals surface area contributed by atoms with E-state index in [1.807, 2.05) is 58.9 Å². The molecule has 3 aromatic carbocycles. The maximum Gasteiger partial charge on any atom is 0.264 e. The molecule has 3 aromatic rings. The van der Waals surface area contributed by atoms with Gasteiger partial charge >= 0.3 is 0 Å². The molecule has 232 valence electrons. The monoisotopic (exact) mass is 607 g/mol. The molecule has 0 aromatic heterocycles. The van der Waals surface area contributed by atoms with Gasteiger partial charge in [0, 0.05) is 12.1 Å². The van der Waals surface area contributed by atoms with Crippen LogP contribution >= 0.6 is 0 Å². The second-order valence-corrected chi connectivity index (χ2v) is 14.0. The maximum absolute atomic E-state index is 14.2. The fourth-order valence-corrected chi connectivity index (χ4v) is 6.11. The zero-order valence-corrected chi connectivity index (χ0v) is 27.4. The van der Waals surface area contributed by atoms with E-state index in [0.29, 0.717) is 17.9 Å². The summed E-state index contributed by atoms with van der Waals surface area (Å²) in [4.78, 5) is 29.3. The van der Waals surface area contributed by atoms with Gasteiger partial charge in [0.1, 0.15) is 18.3 Å². The number of anilines is 1. The van der Waals surface area contributed by atoms with Gasteiger partial charge in [-0.1, -0.05) is 62.7 Å². The van der Waals surface area contributed by atoms with Gasteiger partial charge in [-0.15, -0.1) is 0 Å². The predicted octanol–water partition coefficient (Wildman–Crippen LogP) is 6.04. The highest BCUT2D eigenvalue weighted by Crippen LogP contribution is 2.27. The number of aryl methyl sites for hydroxylation is 1. The average Bonchev–Trinajstić information content (AvgIpc) is 2.95. The number of carbonyl (C=O) groups excluding carboxylic acids is 2. The van der Waals surface area contributed by atoms with Crippen molar-refractivity contribution in [3.63, 3.8) is 0 Å². The van der Waals surface area contributed by atoms with Crippen LogP contribution in [0.5, 0.6) is 5.75 Å². The van der Waals surface area contributed by atoms with Crippen molar-refractivity contribution in [2.75, 3.05) is 18.0 Å². The largest absolute Gasteiger partial charge is 0.497 e. The summed E-state index contributed by atoms with van der Waals surface area (Å²) in [5.41, 5.74) is 2.61. The lowest BCUT2D eigenvalue weighted by molar-refractivity contribution is -0.141. The lowest BCUT2D eigenvalue weighted by Gasteiger charge is -2.35. The molecule has 9 heteroatoms. The van der Waals surface area contributed by atoms with Crippen molar-refractivity contribution in [3.8, 4) is 5.75 Å². The molecule has 0 bridgehead atoms.